The lowest BCUT2D eigenvalue weighted by Gasteiger charge is -2.70. The minimum absolute atomic E-state index is 0.00802. The van der Waals surface area contributed by atoms with Crippen LogP contribution in [-0.2, 0) is 10.2 Å². The second-order valence-electron chi connectivity index (χ2n) is 10.3. The van der Waals surface area contributed by atoms with E-state index in [0.717, 1.165) is 23.4 Å². The molecule has 0 radical (unpaired) electrons. The third-order valence-corrected chi connectivity index (χ3v) is 8.08. The third-order valence-electron chi connectivity index (χ3n) is 8.08. The zero-order chi connectivity index (χ0) is 24.6. The number of aromatic nitrogens is 5. The molecule has 7 nitrogen and oxygen atoms in total. The highest BCUT2D eigenvalue weighted by molar-refractivity contribution is 5.75. The lowest BCUT2D eigenvalue weighted by molar-refractivity contribution is -0.337. The molecule has 3 aromatic heterocycles. The van der Waals surface area contributed by atoms with Crippen molar-refractivity contribution >= 4 is 11.2 Å². The Morgan fingerprint density at radius 1 is 1.03 bits per heavy atom. The van der Waals surface area contributed by atoms with Crippen molar-refractivity contribution in [2.75, 3.05) is 13.7 Å². The monoisotopic (exact) mass is 485 g/mol. The van der Waals surface area contributed by atoms with Crippen LogP contribution in [0.25, 0.3) is 11.2 Å². The van der Waals surface area contributed by atoms with Crippen molar-refractivity contribution in [3.8, 4) is 5.88 Å². The molecule has 1 aliphatic heterocycles. The number of ether oxygens (including phenoxy) is 2. The van der Waals surface area contributed by atoms with Gasteiger partial charge in [-0.2, -0.15) is 13.2 Å². The molecule has 0 aromatic carbocycles. The van der Waals surface area contributed by atoms with Crippen molar-refractivity contribution in [3.05, 3.63) is 46.8 Å². The highest BCUT2D eigenvalue weighted by Gasteiger charge is 2.79. The molecular weight excluding hydrogens is 459 g/mol. The summed E-state index contributed by atoms with van der Waals surface area (Å²) in [5.41, 5.74) is 1.91. The molecule has 184 valence electrons. The van der Waals surface area contributed by atoms with Gasteiger partial charge < -0.3 is 9.47 Å². The number of halogens is 3. The maximum absolute atomic E-state index is 13.6. The molecule has 4 heterocycles. The first-order valence-corrected chi connectivity index (χ1v) is 11.8. The summed E-state index contributed by atoms with van der Waals surface area (Å²) < 4.78 is 51.9. The van der Waals surface area contributed by atoms with Crippen molar-refractivity contribution in [2.24, 2.45) is 5.41 Å². The smallest absolute Gasteiger partial charge is 0.394 e. The van der Waals surface area contributed by atoms with Gasteiger partial charge >= 0.3 is 6.18 Å². The summed E-state index contributed by atoms with van der Waals surface area (Å²) in [6.45, 7) is 4.24. The van der Waals surface area contributed by atoms with Gasteiger partial charge in [0.15, 0.2) is 5.65 Å². The normalized spacial score (nSPS) is 30.0. The van der Waals surface area contributed by atoms with E-state index in [9.17, 15) is 13.2 Å². The topological polar surface area (TPSA) is 82.9 Å². The SMILES string of the molecule is COc1ccc([C@H]2C[C@H](c3nc(C45CC(C(F)(F)F)(C4)C5)c4nc(C)c(C)nc4n3)CCO2)cn1. The van der Waals surface area contributed by atoms with Gasteiger partial charge in [0.2, 0.25) is 5.88 Å². The van der Waals surface area contributed by atoms with Gasteiger partial charge in [-0.1, -0.05) is 0 Å². The molecule has 1 saturated heterocycles. The molecule has 0 N–H and O–H groups in total. The van der Waals surface area contributed by atoms with Gasteiger partial charge in [0.25, 0.3) is 0 Å². The van der Waals surface area contributed by atoms with E-state index in [4.69, 9.17) is 19.4 Å². The van der Waals surface area contributed by atoms with Crippen LogP contribution in [0.15, 0.2) is 18.3 Å². The average Bonchev–Trinajstić information content (AvgIpc) is 2.77. The Bertz CT molecular complexity index is 1290. The van der Waals surface area contributed by atoms with Crippen LogP contribution in [0.2, 0.25) is 0 Å². The van der Waals surface area contributed by atoms with E-state index < -0.39 is 17.0 Å². The van der Waals surface area contributed by atoms with E-state index in [2.05, 4.69) is 15.0 Å². The summed E-state index contributed by atoms with van der Waals surface area (Å²) in [7, 11) is 1.57. The van der Waals surface area contributed by atoms with Crippen LogP contribution in [-0.4, -0.2) is 44.8 Å². The lowest BCUT2D eigenvalue weighted by atomic mass is 9.34. The van der Waals surface area contributed by atoms with Gasteiger partial charge in [0.05, 0.1) is 35.7 Å². The number of aryl methyl sites for hydroxylation is 2. The second kappa shape index (κ2) is 7.56. The van der Waals surface area contributed by atoms with Crippen LogP contribution in [0.1, 0.15) is 72.6 Å². The van der Waals surface area contributed by atoms with Crippen molar-refractivity contribution in [2.45, 2.75) is 69.6 Å². The summed E-state index contributed by atoms with van der Waals surface area (Å²) in [4.78, 5) is 23.3. The first-order chi connectivity index (χ1) is 16.6. The van der Waals surface area contributed by atoms with E-state index in [0.29, 0.717) is 41.6 Å². The van der Waals surface area contributed by atoms with E-state index in [1.54, 1.807) is 19.4 Å². The molecule has 3 aromatic rings. The van der Waals surface area contributed by atoms with Gasteiger partial charge in [-0.05, 0) is 57.6 Å². The van der Waals surface area contributed by atoms with Gasteiger partial charge in [0.1, 0.15) is 11.3 Å². The predicted molar refractivity (Wildman–Crippen MR) is 120 cm³/mol. The second-order valence-corrected chi connectivity index (χ2v) is 10.3. The molecule has 2 bridgehead atoms. The molecule has 4 aliphatic rings. The maximum atomic E-state index is 13.6. The quantitative estimate of drug-likeness (QED) is 0.511. The van der Waals surface area contributed by atoms with Crippen molar-refractivity contribution in [1.29, 1.82) is 0 Å². The number of hydrogen-bond acceptors (Lipinski definition) is 7. The molecular formula is C25H26F3N5O2. The standard InChI is InChI=1S/C25H26F3N5O2/c1-13-14(2)31-22-19(30-13)20(23-10-24(11-23,12-23)25(26,27)28)32-21(33-22)15-6-7-35-17(8-15)16-4-5-18(34-3)29-9-16/h4-5,9,15,17H,6-8,10-12H2,1-3H3/t15-,17-,23?,24?/m1/s1. The third kappa shape index (κ3) is 3.40. The highest BCUT2D eigenvalue weighted by atomic mass is 19.4. The fourth-order valence-corrected chi connectivity index (χ4v) is 5.99. The Hall–Kier alpha value is -2.88. The lowest BCUT2D eigenvalue weighted by Crippen LogP contribution is -2.70. The maximum Gasteiger partial charge on any atom is 0.394 e. The van der Waals surface area contributed by atoms with Gasteiger partial charge in [0, 0.05) is 30.2 Å². The summed E-state index contributed by atoms with van der Waals surface area (Å²) in [6.07, 6.45) is -1.04. The van der Waals surface area contributed by atoms with Gasteiger partial charge in [-0.3, -0.25) is 0 Å². The fourth-order valence-electron chi connectivity index (χ4n) is 5.99. The zero-order valence-corrected chi connectivity index (χ0v) is 19.8. The Morgan fingerprint density at radius 2 is 1.77 bits per heavy atom. The van der Waals surface area contributed by atoms with Crippen molar-refractivity contribution in [3.63, 3.8) is 0 Å². The highest BCUT2D eigenvalue weighted by Crippen LogP contribution is 2.78. The Morgan fingerprint density at radius 3 is 2.43 bits per heavy atom. The molecule has 35 heavy (non-hydrogen) atoms. The molecule has 0 spiro atoms. The Balaban J connectivity index is 1.36. The number of nitrogens with zero attached hydrogens (tertiary/aromatic N) is 5. The summed E-state index contributed by atoms with van der Waals surface area (Å²) in [5, 5.41) is 0. The Kier molecular flexibility index (Phi) is 4.87. The number of rotatable bonds is 4. The van der Waals surface area contributed by atoms with Crippen LogP contribution in [0.5, 0.6) is 5.88 Å². The van der Waals surface area contributed by atoms with Crippen LogP contribution >= 0.6 is 0 Å². The molecule has 10 heteroatoms. The van der Waals surface area contributed by atoms with Crippen LogP contribution < -0.4 is 4.74 Å². The molecule has 3 saturated carbocycles. The first-order valence-electron chi connectivity index (χ1n) is 11.8. The minimum atomic E-state index is -4.18. The summed E-state index contributed by atoms with van der Waals surface area (Å²) in [5.74, 6) is 1.14. The van der Waals surface area contributed by atoms with E-state index in [-0.39, 0.29) is 31.3 Å². The van der Waals surface area contributed by atoms with Gasteiger partial charge in [-0.25, -0.2) is 24.9 Å². The predicted octanol–water partition coefficient (Wildman–Crippen LogP) is 5.06. The average molecular weight is 486 g/mol. The Labute approximate surface area is 200 Å². The number of methoxy groups -OCH3 is 1. The molecule has 0 amide bonds. The number of hydrogen-bond donors (Lipinski definition) is 0. The van der Waals surface area contributed by atoms with Crippen molar-refractivity contribution in [1.82, 2.24) is 24.9 Å². The molecule has 3 aliphatic carbocycles. The molecule has 0 unspecified atom stereocenters. The molecule has 2 atom stereocenters. The van der Waals surface area contributed by atoms with E-state index >= 15 is 0 Å². The largest absolute Gasteiger partial charge is 0.481 e. The number of fused-ring (bicyclic) bond motifs is 1. The van der Waals surface area contributed by atoms with Gasteiger partial charge in [-0.15, -0.1) is 0 Å². The van der Waals surface area contributed by atoms with Crippen LogP contribution in [0, 0.1) is 19.3 Å². The molecule has 7 rings (SSSR count). The molecule has 4 fully saturated rings. The zero-order valence-electron chi connectivity index (χ0n) is 19.8. The number of pyridine rings is 1. The van der Waals surface area contributed by atoms with Crippen molar-refractivity contribution < 1.29 is 22.6 Å². The fraction of sp³-hybridized carbons (Fsp3) is 0.560. The van der Waals surface area contributed by atoms with Crippen LogP contribution in [0.4, 0.5) is 13.2 Å². The van der Waals surface area contributed by atoms with Crippen LogP contribution in [0.3, 0.4) is 0 Å². The first kappa shape index (κ1) is 22.6. The summed E-state index contributed by atoms with van der Waals surface area (Å²) >= 11 is 0. The minimum Gasteiger partial charge on any atom is -0.481 e. The van der Waals surface area contributed by atoms with E-state index in [1.165, 1.54) is 0 Å². The number of alkyl halides is 3. The summed E-state index contributed by atoms with van der Waals surface area (Å²) in [6, 6.07) is 3.73. The van der Waals surface area contributed by atoms with E-state index in [1.807, 2.05) is 19.9 Å².